The third-order valence-corrected chi connectivity index (χ3v) is 5.08. The average molecular weight is 300 g/mol. The van der Waals surface area contributed by atoms with Crippen molar-refractivity contribution in [3.8, 4) is 0 Å². The van der Waals surface area contributed by atoms with Gasteiger partial charge in [0.2, 0.25) is 0 Å². The van der Waals surface area contributed by atoms with Gasteiger partial charge < -0.3 is 5.32 Å². The molecule has 1 saturated heterocycles. The van der Waals surface area contributed by atoms with Crippen molar-refractivity contribution in [3.05, 3.63) is 28.7 Å². The number of nitrogens with one attached hydrogen (secondary N) is 1. The van der Waals surface area contributed by atoms with Gasteiger partial charge in [0.25, 0.3) is 0 Å². The molecule has 1 aromatic carbocycles. The Morgan fingerprint density at radius 1 is 1.38 bits per heavy atom. The van der Waals surface area contributed by atoms with Crippen LogP contribution in [0, 0.1) is 5.92 Å². The van der Waals surface area contributed by atoms with Crippen LogP contribution in [0.1, 0.15) is 19.3 Å². The second-order valence-corrected chi connectivity index (χ2v) is 6.27. The lowest BCUT2D eigenvalue weighted by atomic mass is 9.97. The Bertz CT molecular complexity index is 323. The van der Waals surface area contributed by atoms with Crippen LogP contribution in [0.3, 0.4) is 0 Å². The first-order valence-electron chi connectivity index (χ1n) is 5.94. The van der Waals surface area contributed by atoms with Crippen molar-refractivity contribution >= 4 is 27.7 Å². The fraction of sp³-hybridized carbons (Fsp3) is 0.538. The van der Waals surface area contributed by atoms with Gasteiger partial charge in [-0.05, 0) is 72.1 Å². The summed E-state index contributed by atoms with van der Waals surface area (Å²) in [6.07, 6.45) is 4.09. The van der Waals surface area contributed by atoms with Crippen molar-refractivity contribution in [1.29, 1.82) is 0 Å². The van der Waals surface area contributed by atoms with Gasteiger partial charge in [-0.1, -0.05) is 12.1 Å². The van der Waals surface area contributed by atoms with Crippen LogP contribution in [-0.4, -0.2) is 18.8 Å². The van der Waals surface area contributed by atoms with Crippen LogP contribution in [0.4, 0.5) is 0 Å². The predicted molar refractivity (Wildman–Crippen MR) is 75.1 cm³/mol. The quantitative estimate of drug-likeness (QED) is 0.846. The van der Waals surface area contributed by atoms with E-state index in [-0.39, 0.29) is 0 Å². The summed E-state index contributed by atoms with van der Waals surface area (Å²) in [6.45, 7) is 2.43. The SMILES string of the molecule is Brc1ccccc1SCCC1CCCNC1. The second-order valence-electron chi connectivity index (χ2n) is 4.28. The molecule has 16 heavy (non-hydrogen) atoms. The van der Waals surface area contributed by atoms with E-state index < -0.39 is 0 Å². The van der Waals surface area contributed by atoms with Crippen molar-refractivity contribution in [2.45, 2.75) is 24.2 Å². The van der Waals surface area contributed by atoms with E-state index in [9.17, 15) is 0 Å². The van der Waals surface area contributed by atoms with Crippen molar-refractivity contribution < 1.29 is 0 Å². The Morgan fingerprint density at radius 3 is 3.00 bits per heavy atom. The Hall–Kier alpha value is 0.01000. The highest BCUT2D eigenvalue weighted by Gasteiger charge is 2.12. The standard InChI is InChI=1S/C13H18BrNS/c14-12-5-1-2-6-13(12)16-9-7-11-4-3-8-15-10-11/h1-2,5-6,11,15H,3-4,7-10H2. The molecule has 0 saturated carbocycles. The molecule has 3 heteroatoms. The lowest BCUT2D eigenvalue weighted by molar-refractivity contribution is 0.371. The molecule has 1 fully saturated rings. The fourth-order valence-electron chi connectivity index (χ4n) is 2.07. The highest BCUT2D eigenvalue weighted by atomic mass is 79.9. The second kappa shape index (κ2) is 6.67. The maximum Gasteiger partial charge on any atom is 0.0311 e. The number of hydrogen-bond donors (Lipinski definition) is 1. The molecule has 0 aromatic heterocycles. The number of rotatable bonds is 4. The number of halogens is 1. The first-order valence-corrected chi connectivity index (χ1v) is 7.72. The summed E-state index contributed by atoms with van der Waals surface area (Å²) in [5, 5.41) is 3.48. The van der Waals surface area contributed by atoms with E-state index in [1.165, 1.54) is 47.5 Å². The number of thioether (sulfide) groups is 1. The third kappa shape index (κ3) is 3.79. The molecule has 1 atom stereocenters. The molecular weight excluding hydrogens is 282 g/mol. The first-order chi connectivity index (χ1) is 7.86. The van der Waals surface area contributed by atoms with Crippen LogP contribution in [0.5, 0.6) is 0 Å². The van der Waals surface area contributed by atoms with E-state index in [1.807, 2.05) is 11.8 Å². The highest BCUT2D eigenvalue weighted by molar-refractivity contribution is 9.10. The van der Waals surface area contributed by atoms with Gasteiger partial charge in [-0.25, -0.2) is 0 Å². The predicted octanol–water partition coefficient (Wildman–Crippen LogP) is 3.93. The first kappa shape index (κ1) is 12.5. The topological polar surface area (TPSA) is 12.0 Å². The number of benzene rings is 1. The molecule has 0 spiro atoms. The maximum atomic E-state index is 3.59. The zero-order chi connectivity index (χ0) is 11.2. The molecule has 0 bridgehead atoms. The van der Waals surface area contributed by atoms with E-state index in [4.69, 9.17) is 0 Å². The number of hydrogen-bond acceptors (Lipinski definition) is 2. The van der Waals surface area contributed by atoms with Crippen LogP contribution in [-0.2, 0) is 0 Å². The van der Waals surface area contributed by atoms with E-state index >= 15 is 0 Å². The van der Waals surface area contributed by atoms with Gasteiger partial charge in [0, 0.05) is 9.37 Å². The normalized spacial score (nSPS) is 20.9. The molecular formula is C13H18BrNS. The summed E-state index contributed by atoms with van der Waals surface area (Å²) in [7, 11) is 0. The minimum absolute atomic E-state index is 0.892. The summed E-state index contributed by atoms with van der Waals surface area (Å²) in [5.74, 6) is 2.12. The maximum absolute atomic E-state index is 3.59. The molecule has 0 radical (unpaired) electrons. The molecule has 1 aliphatic heterocycles. The summed E-state index contributed by atoms with van der Waals surface area (Å²) in [4.78, 5) is 1.37. The van der Waals surface area contributed by atoms with E-state index in [0.717, 1.165) is 5.92 Å². The molecule has 1 heterocycles. The molecule has 0 aliphatic carbocycles. The third-order valence-electron chi connectivity index (χ3n) is 3.02. The van der Waals surface area contributed by atoms with Crippen LogP contribution in [0.15, 0.2) is 33.6 Å². The highest BCUT2D eigenvalue weighted by Crippen LogP contribution is 2.28. The minimum atomic E-state index is 0.892. The molecule has 0 amide bonds. The lowest BCUT2D eigenvalue weighted by Gasteiger charge is -2.22. The summed E-state index contributed by atoms with van der Waals surface area (Å²) >= 11 is 5.56. The summed E-state index contributed by atoms with van der Waals surface area (Å²) < 4.78 is 1.22. The summed E-state index contributed by atoms with van der Waals surface area (Å²) in [5.41, 5.74) is 0. The van der Waals surface area contributed by atoms with E-state index in [1.54, 1.807) is 0 Å². The van der Waals surface area contributed by atoms with Gasteiger partial charge in [-0.15, -0.1) is 11.8 Å². The van der Waals surface area contributed by atoms with Crippen molar-refractivity contribution in [2.24, 2.45) is 5.92 Å². The average Bonchev–Trinajstić information content (AvgIpc) is 2.33. The Labute approximate surface area is 111 Å². The molecule has 1 unspecified atom stereocenters. The van der Waals surface area contributed by atoms with E-state index in [0.29, 0.717) is 0 Å². The zero-order valence-corrected chi connectivity index (χ0v) is 11.8. The van der Waals surface area contributed by atoms with Crippen LogP contribution in [0.2, 0.25) is 0 Å². The monoisotopic (exact) mass is 299 g/mol. The Balaban J connectivity index is 1.73. The smallest absolute Gasteiger partial charge is 0.0311 e. The van der Waals surface area contributed by atoms with Gasteiger partial charge in [0.15, 0.2) is 0 Å². The molecule has 1 nitrogen and oxygen atoms in total. The largest absolute Gasteiger partial charge is 0.316 e. The van der Waals surface area contributed by atoms with Gasteiger partial charge in [0.05, 0.1) is 0 Å². The molecule has 2 rings (SSSR count). The van der Waals surface area contributed by atoms with Gasteiger partial charge in [0.1, 0.15) is 0 Å². The molecule has 1 aliphatic rings. The van der Waals surface area contributed by atoms with Gasteiger partial charge in [-0.2, -0.15) is 0 Å². The van der Waals surface area contributed by atoms with Crippen molar-refractivity contribution in [2.75, 3.05) is 18.8 Å². The molecule has 1 aromatic rings. The zero-order valence-electron chi connectivity index (χ0n) is 9.42. The minimum Gasteiger partial charge on any atom is -0.316 e. The summed E-state index contributed by atoms with van der Waals surface area (Å²) in [6, 6.07) is 8.48. The van der Waals surface area contributed by atoms with Crippen LogP contribution in [0.25, 0.3) is 0 Å². The van der Waals surface area contributed by atoms with E-state index in [2.05, 4.69) is 45.5 Å². The van der Waals surface area contributed by atoms with Gasteiger partial charge >= 0.3 is 0 Å². The Kier molecular flexibility index (Phi) is 5.20. The van der Waals surface area contributed by atoms with Gasteiger partial charge in [-0.3, -0.25) is 0 Å². The number of piperidine rings is 1. The lowest BCUT2D eigenvalue weighted by Crippen LogP contribution is -2.29. The molecule has 1 N–H and O–H groups in total. The van der Waals surface area contributed by atoms with Crippen LogP contribution < -0.4 is 5.32 Å². The van der Waals surface area contributed by atoms with Crippen LogP contribution >= 0.6 is 27.7 Å². The van der Waals surface area contributed by atoms with Crippen molar-refractivity contribution in [3.63, 3.8) is 0 Å². The molecule has 88 valence electrons. The Morgan fingerprint density at radius 2 is 2.25 bits per heavy atom. The fourth-order valence-corrected chi connectivity index (χ4v) is 3.75. The van der Waals surface area contributed by atoms with Crippen molar-refractivity contribution in [1.82, 2.24) is 5.32 Å².